The van der Waals surface area contributed by atoms with E-state index in [-0.39, 0.29) is 21.4 Å². The van der Waals surface area contributed by atoms with Crippen molar-refractivity contribution in [3.63, 3.8) is 0 Å². The van der Waals surface area contributed by atoms with Crippen molar-refractivity contribution < 1.29 is 22.0 Å². The lowest BCUT2D eigenvalue weighted by molar-refractivity contribution is -0.104. The minimum absolute atomic E-state index is 0.00512. The zero-order valence-corrected chi connectivity index (χ0v) is 22.3. The van der Waals surface area contributed by atoms with E-state index < -0.39 is 54.2 Å². The predicted molar refractivity (Wildman–Crippen MR) is 138 cm³/mol. The van der Waals surface area contributed by atoms with Gasteiger partial charge in [-0.1, -0.05) is 13.1 Å². The molecule has 1 N–H and O–H groups in total. The molecule has 1 amide bonds. The van der Waals surface area contributed by atoms with Crippen LogP contribution in [-0.4, -0.2) is 51.2 Å². The van der Waals surface area contributed by atoms with Crippen molar-refractivity contribution in [2.24, 2.45) is 0 Å². The van der Waals surface area contributed by atoms with Crippen LogP contribution in [0.1, 0.15) is 42.1 Å². The number of rotatable bonds is 6. The van der Waals surface area contributed by atoms with E-state index in [1.165, 1.54) is 29.0 Å². The molecule has 3 fully saturated rings. The van der Waals surface area contributed by atoms with Gasteiger partial charge in [0, 0.05) is 38.2 Å². The van der Waals surface area contributed by atoms with E-state index in [1.807, 2.05) is 0 Å². The van der Waals surface area contributed by atoms with Crippen LogP contribution in [0.25, 0.3) is 0 Å². The van der Waals surface area contributed by atoms with Gasteiger partial charge in [-0.05, 0) is 55.3 Å². The van der Waals surface area contributed by atoms with Gasteiger partial charge in [0.05, 0.1) is 29.5 Å². The number of amides is 1. The number of anilines is 2. The zero-order chi connectivity index (χ0) is 25.9. The number of nitrogens with zero attached hydrogens (tertiary/aromatic N) is 2. The summed E-state index contributed by atoms with van der Waals surface area (Å²) in [6, 6.07) is 9.05. The van der Waals surface area contributed by atoms with Gasteiger partial charge in [-0.15, -0.1) is 0 Å². The van der Waals surface area contributed by atoms with Gasteiger partial charge >= 0.3 is 0 Å². The highest BCUT2D eigenvalue weighted by Crippen LogP contribution is 2.45. The molecule has 2 heterocycles. The van der Waals surface area contributed by atoms with Crippen LogP contribution in [0.5, 0.6) is 0 Å². The van der Waals surface area contributed by atoms with Crippen molar-refractivity contribution >= 4 is 35.2 Å². The number of halogens is 2. The third-order valence-corrected chi connectivity index (χ3v) is 13.1. The van der Waals surface area contributed by atoms with E-state index in [9.17, 15) is 26.8 Å². The fourth-order valence-electron chi connectivity index (χ4n) is 4.97. The van der Waals surface area contributed by atoms with Gasteiger partial charge in [-0.3, -0.25) is 9.59 Å². The van der Waals surface area contributed by atoms with E-state index in [1.54, 1.807) is 12.1 Å². The maximum absolute atomic E-state index is 13.4. The second-order valence-corrected chi connectivity index (χ2v) is 18.6. The minimum Gasteiger partial charge on any atom is -0.371 e. The first kappa shape index (κ1) is 25.1. The molecule has 0 radical (unpaired) electrons. The molecule has 1 saturated heterocycles. The Bertz CT molecular complexity index is 1350. The normalized spacial score (nSPS) is 21.6. The minimum atomic E-state index is -3.44. The average Bonchev–Trinajstić information content (AvgIpc) is 3.65. The van der Waals surface area contributed by atoms with Crippen molar-refractivity contribution in [1.29, 1.82) is 0 Å². The van der Waals surface area contributed by atoms with Crippen LogP contribution < -0.4 is 15.8 Å². The quantitative estimate of drug-likeness (QED) is 0.549. The van der Waals surface area contributed by atoms with Crippen LogP contribution in [0.2, 0.25) is 25.2 Å². The van der Waals surface area contributed by atoms with E-state index in [2.05, 4.69) is 23.3 Å². The molecule has 2 aromatic rings. The average molecular weight is 536 g/mol. The molecule has 1 aromatic heterocycles. The number of hydrogen-bond donors (Lipinski definition) is 1. The third-order valence-electron chi connectivity index (χ3n) is 7.65. The zero-order valence-electron chi connectivity index (χ0n) is 20.5. The molecular formula is C25H31F2N3O4SSi. The monoisotopic (exact) mass is 535 g/mol. The van der Waals surface area contributed by atoms with Gasteiger partial charge in [0.2, 0.25) is 0 Å². The van der Waals surface area contributed by atoms with Crippen LogP contribution in [-0.2, 0) is 9.84 Å². The van der Waals surface area contributed by atoms with Gasteiger partial charge in [0.15, 0.2) is 9.84 Å². The summed E-state index contributed by atoms with van der Waals surface area (Å²) in [5.41, 5.74) is 0.307. The Balaban J connectivity index is 1.45. The molecule has 1 aromatic carbocycles. The molecule has 5 rings (SSSR count). The number of nitrogens with one attached hydrogen (secondary N) is 1. The molecule has 194 valence electrons. The van der Waals surface area contributed by atoms with Gasteiger partial charge < -0.3 is 14.8 Å². The molecule has 0 spiro atoms. The summed E-state index contributed by atoms with van der Waals surface area (Å²) in [7, 11) is -4.76. The summed E-state index contributed by atoms with van der Waals surface area (Å²) >= 11 is 0. The standard InChI is InChI=1S/C25H31F2N3O4SSi/c1-36(2)12-10-29(11-13-36)22-14-19(35(33,34)18-5-6-18)7-8-20(22)23(31)28-21-4-3-9-30(24(21)32)17-15-25(26,27)16-17/h3-4,7-9,14,17-18H,5-6,10-13,15-16H2,1-2H3,(H,28,31). The van der Waals surface area contributed by atoms with Crippen molar-refractivity contribution in [2.75, 3.05) is 23.3 Å². The number of alkyl halides is 2. The highest BCUT2D eigenvalue weighted by Gasteiger charge is 2.46. The third kappa shape index (κ3) is 4.87. The molecular weight excluding hydrogens is 504 g/mol. The fraction of sp³-hybridized carbons (Fsp3) is 0.520. The van der Waals surface area contributed by atoms with Crippen LogP contribution in [0.3, 0.4) is 0 Å². The molecule has 2 aliphatic carbocycles. The van der Waals surface area contributed by atoms with Crippen LogP contribution in [0.4, 0.5) is 20.2 Å². The lowest BCUT2D eigenvalue weighted by Crippen LogP contribution is -2.43. The first-order valence-corrected chi connectivity index (χ1v) is 17.4. The molecule has 36 heavy (non-hydrogen) atoms. The molecule has 2 saturated carbocycles. The van der Waals surface area contributed by atoms with Crippen LogP contribution in [0.15, 0.2) is 46.2 Å². The highest BCUT2D eigenvalue weighted by atomic mass is 32.2. The molecule has 1 aliphatic heterocycles. The Kier molecular flexibility index (Phi) is 6.14. The molecule has 0 unspecified atom stereocenters. The van der Waals surface area contributed by atoms with Crippen LogP contribution >= 0.6 is 0 Å². The number of aromatic nitrogens is 1. The molecule has 0 atom stereocenters. The van der Waals surface area contributed by atoms with E-state index in [0.717, 1.165) is 25.2 Å². The first-order valence-electron chi connectivity index (χ1n) is 12.4. The Morgan fingerprint density at radius 1 is 1.11 bits per heavy atom. The topological polar surface area (TPSA) is 88.5 Å². The summed E-state index contributed by atoms with van der Waals surface area (Å²) in [4.78, 5) is 28.6. The Hall–Kier alpha value is -2.53. The van der Waals surface area contributed by atoms with Gasteiger partial charge in [-0.2, -0.15) is 0 Å². The first-order chi connectivity index (χ1) is 16.9. The molecule has 0 bridgehead atoms. The summed E-state index contributed by atoms with van der Waals surface area (Å²) in [6.07, 6.45) is 1.95. The van der Waals surface area contributed by atoms with Crippen molar-refractivity contribution in [1.82, 2.24) is 4.57 Å². The number of sulfone groups is 1. The number of hydrogen-bond acceptors (Lipinski definition) is 5. The summed E-state index contributed by atoms with van der Waals surface area (Å²) in [6.45, 7) is 6.12. The van der Waals surface area contributed by atoms with Gasteiger partial charge in [0.1, 0.15) is 5.69 Å². The maximum atomic E-state index is 13.4. The van der Waals surface area contributed by atoms with E-state index >= 15 is 0 Å². The number of carbonyl (C=O) groups excluding carboxylic acids is 1. The smallest absolute Gasteiger partial charge is 0.274 e. The number of carbonyl (C=O) groups is 1. The SMILES string of the molecule is C[Si]1(C)CCN(c2cc(S(=O)(=O)C3CC3)ccc2C(=O)Nc2cccn(C3CC(F)(F)C3)c2=O)CC1. The fourth-order valence-corrected chi connectivity index (χ4v) is 8.65. The Morgan fingerprint density at radius 2 is 1.78 bits per heavy atom. The maximum Gasteiger partial charge on any atom is 0.274 e. The highest BCUT2D eigenvalue weighted by molar-refractivity contribution is 7.92. The van der Waals surface area contributed by atoms with Crippen LogP contribution in [0, 0.1) is 0 Å². The largest absolute Gasteiger partial charge is 0.371 e. The van der Waals surface area contributed by atoms with Gasteiger partial charge in [-0.25, -0.2) is 17.2 Å². The lowest BCUT2D eigenvalue weighted by Gasteiger charge is -2.38. The number of pyridine rings is 1. The summed E-state index contributed by atoms with van der Waals surface area (Å²) in [5.74, 6) is -3.30. The van der Waals surface area contributed by atoms with E-state index in [4.69, 9.17) is 0 Å². The second kappa shape index (κ2) is 8.79. The molecule has 3 aliphatic rings. The summed E-state index contributed by atoms with van der Waals surface area (Å²) in [5, 5.41) is 2.29. The van der Waals surface area contributed by atoms with Crippen molar-refractivity contribution in [3.8, 4) is 0 Å². The Morgan fingerprint density at radius 3 is 2.39 bits per heavy atom. The van der Waals surface area contributed by atoms with E-state index in [0.29, 0.717) is 18.5 Å². The van der Waals surface area contributed by atoms with Crippen molar-refractivity contribution in [2.45, 2.75) is 73.0 Å². The molecule has 11 heteroatoms. The second-order valence-electron chi connectivity index (χ2n) is 11.1. The lowest BCUT2D eigenvalue weighted by atomic mass is 9.88. The predicted octanol–water partition coefficient (Wildman–Crippen LogP) is 4.54. The molecule has 7 nitrogen and oxygen atoms in total. The van der Waals surface area contributed by atoms with Crippen molar-refractivity contribution in [3.05, 3.63) is 52.4 Å². The summed E-state index contributed by atoms with van der Waals surface area (Å²) < 4.78 is 53.8. The number of benzene rings is 1. The Labute approximate surface area is 210 Å². The van der Waals surface area contributed by atoms with Gasteiger partial charge in [0.25, 0.3) is 17.4 Å².